The highest BCUT2D eigenvalue weighted by Gasteiger charge is 2.23. The van der Waals surface area contributed by atoms with E-state index >= 15 is 0 Å². The van der Waals surface area contributed by atoms with Crippen molar-refractivity contribution in [1.29, 1.82) is 0 Å². The summed E-state index contributed by atoms with van der Waals surface area (Å²) in [6.07, 6.45) is 0.284. The highest BCUT2D eigenvalue weighted by Crippen LogP contribution is 2.32. The average molecular weight is 458 g/mol. The van der Waals surface area contributed by atoms with Gasteiger partial charge in [-0.1, -0.05) is 36.5 Å². The molecule has 2 aromatic carbocycles. The van der Waals surface area contributed by atoms with Crippen molar-refractivity contribution in [2.75, 3.05) is 36.8 Å². The minimum atomic E-state index is -3.22. The largest absolute Gasteiger partial charge is 0.345 e. The van der Waals surface area contributed by atoms with Gasteiger partial charge in [-0.25, -0.2) is 13.4 Å². The number of benzene rings is 2. The molecule has 0 N–H and O–H groups in total. The zero-order chi connectivity index (χ0) is 22.2. The molecule has 4 rings (SSSR count). The SMILES string of the molecule is CCS(=O)(=O)c1ccc(CC(=O)N2CCN(c3nc4c(C)c(C)ccc4s3)CC2)cc1. The fraction of sp³-hybridized carbons (Fsp3) is 0.391. The number of hydrogen-bond acceptors (Lipinski definition) is 6. The first-order valence-corrected chi connectivity index (χ1v) is 13.0. The molecule has 1 aliphatic heterocycles. The van der Waals surface area contributed by atoms with E-state index in [-0.39, 0.29) is 18.1 Å². The van der Waals surface area contributed by atoms with Gasteiger partial charge in [-0.05, 0) is 48.7 Å². The van der Waals surface area contributed by atoms with Gasteiger partial charge in [-0.2, -0.15) is 0 Å². The summed E-state index contributed by atoms with van der Waals surface area (Å²) in [6, 6.07) is 10.9. The van der Waals surface area contributed by atoms with Crippen LogP contribution in [0.5, 0.6) is 0 Å². The number of fused-ring (bicyclic) bond motifs is 1. The van der Waals surface area contributed by atoms with Gasteiger partial charge in [0.15, 0.2) is 15.0 Å². The molecule has 0 radical (unpaired) electrons. The summed E-state index contributed by atoms with van der Waals surface area (Å²) in [5.74, 6) is 0.144. The number of anilines is 1. The second-order valence-electron chi connectivity index (χ2n) is 7.94. The summed E-state index contributed by atoms with van der Waals surface area (Å²) in [5, 5.41) is 1.02. The first-order valence-electron chi connectivity index (χ1n) is 10.5. The van der Waals surface area contributed by atoms with Crippen LogP contribution in [0.3, 0.4) is 0 Å². The predicted octanol–water partition coefficient (Wildman–Crippen LogP) is 3.60. The van der Waals surface area contributed by atoms with Gasteiger partial charge in [0.1, 0.15) is 0 Å². The van der Waals surface area contributed by atoms with Crippen molar-refractivity contribution < 1.29 is 13.2 Å². The number of carbonyl (C=O) groups excluding carboxylic acids is 1. The van der Waals surface area contributed by atoms with Crippen molar-refractivity contribution in [3.63, 3.8) is 0 Å². The van der Waals surface area contributed by atoms with E-state index in [1.54, 1.807) is 42.5 Å². The normalized spacial score (nSPS) is 14.9. The number of carbonyl (C=O) groups is 1. The lowest BCUT2D eigenvalue weighted by molar-refractivity contribution is -0.130. The van der Waals surface area contributed by atoms with Gasteiger partial charge in [0.25, 0.3) is 0 Å². The van der Waals surface area contributed by atoms with Crippen LogP contribution < -0.4 is 4.90 Å². The number of amides is 1. The molecule has 1 saturated heterocycles. The smallest absolute Gasteiger partial charge is 0.227 e. The van der Waals surface area contributed by atoms with Gasteiger partial charge in [0, 0.05) is 26.2 Å². The van der Waals surface area contributed by atoms with E-state index in [0.717, 1.165) is 29.3 Å². The van der Waals surface area contributed by atoms with Crippen LogP contribution in [0.15, 0.2) is 41.3 Å². The minimum absolute atomic E-state index is 0.0708. The Morgan fingerprint density at radius 3 is 2.35 bits per heavy atom. The standard InChI is InChI=1S/C23H27N3O3S2/c1-4-31(28,29)19-8-6-18(7-9-19)15-21(27)25-11-13-26(14-12-25)23-24-22-17(3)16(2)5-10-20(22)30-23/h5-10H,4,11-15H2,1-3H3. The molecule has 1 aromatic heterocycles. The van der Waals surface area contributed by atoms with Gasteiger partial charge in [-0.3, -0.25) is 4.79 Å². The Bertz CT molecular complexity index is 1210. The lowest BCUT2D eigenvalue weighted by atomic mass is 10.1. The van der Waals surface area contributed by atoms with E-state index in [1.807, 2.05) is 4.90 Å². The summed E-state index contributed by atoms with van der Waals surface area (Å²) < 4.78 is 25.1. The Morgan fingerprint density at radius 2 is 1.71 bits per heavy atom. The van der Waals surface area contributed by atoms with E-state index in [1.165, 1.54) is 15.8 Å². The molecular weight excluding hydrogens is 430 g/mol. The third-order valence-electron chi connectivity index (χ3n) is 5.99. The highest BCUT2D eigenvalue weighted by molar-refractivity contribution is 7.91. The third kappa shape index (κ3) is 4.45. The fourth-order valence-electron chi connectivity index (χ4n) is 3.76. The molecule has 0 spiro atoms. The summed E-state index contributed by atoms with van der Waals surface area (Å²) >= 11 is 1.71. The van der Waals surface area contributed by atoms with E-state index in [0.29, 0.717) is 18.0 Å². The summed E-state index contributed by atoms with van der Waals surface area (Å²) in [4.78, 5) is 22.1. The number of aromatic nitrogens is 1. The Kier molecular flexibility index (Phi) is 6.03. The molecule has 8 heteroatoms. The molecule has 1 fully saturated rings. The first-order chi connectivity index (χ1) is 14.8. The van der Waals surface area contributed by atoms with Crippen LogP contribution in [-0.4, -0.2) is 56.1 Å². The summed E-state index contributed by atoms with van der Waals surface area (Å²) in [6.45, 7) is 8.69. The van der Waals surface area contributed by atoms with E-state index in [2.05, 4.69) is 30.9 Å². The van der Waals surface area contributed by atoms with Crippen LogP contribution in [0, 0.1) is 13.8 Å². The highest BCUT2D eigenvalue weighted by atomic mass is 32.2. The van der Waals surface area contributed by atoms with Crippen molar-refractivity contribution in [3.8, 4) is 0 Å². The maximum atomic E-state index is 12.7. The van der Waals surface area contributed by atoms with Crippen molar-refractivity contribution in [3.05, 3.63) is 53.1 Å². The summed E-state index contributed by atoms with van der Waals surface area (Å²) in [7, 11) is -3.22. The lowest BCUT2D eigenvalue weighted by Crippen LogP contribution is -2.49. The van der Waals surface area contributed by atoms with Crippen LogP contribution in [0.25, 0.3) is 10.2 Å². The van der Waals surface area contributed by atoms with E-state index in [4.69, 9.17) is 4.98 Å². The Balaban J connectivity index is 1.37. The molecule has 0 bridgehead atoms. The van der Waals surface area contributed by atoms with Crippen molar-refractivity contribution in [1.82, 2.24) is 9.88 Å². The van der Waals surface area contributed by atoms with Gasteiger partial charge in [0.05, 0.1) is 27.3 Å². The molecule has 0 atom stereocenters. The third-order valence-corrected chi connectivity index (χ3v) is 8.83. The number of rotatable bonds is 5. The van der Waals surface area contributed by atoms with Gasteiger partial charge in [-0.15, -0.1) is 0 Å². The quantitative estimate of drug-likeness (QED) is 0.586. The molecule has 164 valence electrons. The van der Waals surface area contributed by atoms with Crippen LogP contribution in [0.4, 0.5) is 5.13 Å². The number of sulfone groups is 1. The first kappa shape index (κ1) is 21.8. The van der Waals surface area contributed by atoms with E-state index in [9.17, 15) is 13.2 Å². The number of nitrogens with zero attached hydrogens (tertiary/aromatic N) is 3. The zero-order valence-corrected chi connectivity index (χ0v) is 19.7. The van der Waals surface area contributed by atoms with Crippen molar-refractivity contribution >= 4 is 42.4 Å². The van der Waals surface area contributed by atoms with E-state index < -0.39 is 9.84 Å². The minimum Gasteiger partial charge on any atom is -0.345 e. The monoisotopic (exact) mass is 457 g/mol. The molecule has 0 unspecified atom stereocenters. The fourth-order valence-corrected chi connectivity index (χ4v) is 5.73. The molecular formula is C23H27N3O3S2. The topological polar surface area (TPSA) is 70.6 Å². The van der Waals surface area contributed by atoms with Crippen molar-refractivity contribution in [2.24, 2.45) is 0 Å². The Morgan fingerprint density at radius 1 is 1.03 bits per heavy atom. The number of thiazole rings is 1. The molecule has 6 nitrogen and oxygen atoms in total. The van der Waals surface area contributed by atoms with Crippen molar-refractivity contribution in [2.45, 2.75) is 32.1 Å². The number of piperazine rings is 1. The Labute approximate surface area is 187 Å². The average Bonchev–Trinajstić information content (AvgIpc) is 3.22. The molecule has 0 aliphatic carbocycles. The molecule has 0 saturated carbocycles. The number of hydrogen-bond donors (Lipinski definition) is 0. The maximum absolute atomic E-state index is 12.7. The van der Waals surface area contributed by atoms with Crippen LogP contribution >= 0.6 is 11.3 Å². The maximum Gasteiger partial charge on any atom is 0.227 e. The van der Waals surface area contributed by atoms with Gasteiger partial charge >= 0.3 is 0 Å². The predicted molar refractivity (Wildman–Crippen MR) is 126 cm³/mol. The lowest BCUT2D eigenvalue weighted by Gasteiger charge is -2.34. The molecule has 31 heavy (non-hydrogen) atoms. The molecule has 1 aliphatic rings. The zero-order valence-electron chi connectivity index (χ0n) is 18.1. The second kappa shape index (κ2) is 8.59. The second-order valence-corrected chi connectivity index (χ2v) is 11.2. The van der Waals surface area contributed by atoms with Gasteiger partial charge < -0.3 is 9.80 Å². The number of aryl methyl sites for hydroxylation is 2. The molecule has 1 amide bonds. The molecule has 3 aromatic rings. The summed E-state index contributed by atoms with van der Waals surface area (Å²) in [5.41, 5.74) is 4.39. The van der Waals surface area contributed by atoms with Crippen LogP contribution in [-0.2, 0) is 21.1 Å². The molecule has 2 heterocycles. The van der Waals surface area contributed by atoms with Crippen LogP contribution in [0.2, 0.25) is 0 Å². The van der Waals surface area contributed by atoms with Crippen LogP contribution in [0.1, 0.15) is 23.6 Å². The van der Waals surface area contributed by atoms with Gasteiger partial charge in [0.2, 0.25) is 5.91 Å². The Hall–Kier alpha value is -2.45.